The van der Waals surface area contributed by atoms with Gasteiger partial charge in [-0.05, 0) is 43.8 Å². The lowest BCUT2D eigenvalue weighted by Gasteiger charge is -2.24. The second-order valence-electron chi connectivity index (χ2n) is 5.98. The molecule has 0 fully saturated rings. The average Bonchev–Trinajstić information content (AvgIpc) is 2.61. The minimum Gasteiger partial charge on any atom is -0.495 e. The number of ether oxygens (including phenoxy) is 1. The highest BCUT2D eigenvalue weighted by atomic mass is 19.4. The predicted octanol–water partition coefficient (Wildman–Crippen LogP) is 4.17. The molecule has 140 valence electrons. The summed E-state index contributed by atoms with van der Waals surface area (Å²) in [5, 5.41) is 2.80. The molecular formula is C19H21F3N2O2. The third-order valence-electron chi connectivity index (χ3n) is 4.12. The molecule has 0 aromatic heterocycles. The number of para-hydroxylation sites is 2. The number of methoxy groups -OCH3 is 1. The van der Waals surface area contributed by atoms with Crippen LogP contribution in [0.3, 0.4) is 0 Å². The largest absolute Gasteiger partial charge is 0.495 e. The lowest BCUT2D eigenvalue weighted by Crippen LogP contribution is -2.39. The summed E-state index contributed by atoms with van der Waals surface area (Å²) >= 11 is 0. The SMILES string of the molecule is COc1ccccc1NC(=O)[C@H](C)N(C)Cc1ccc(C(F)(F)F)cc1. The molecule has 1 N–H and O–H groups in total. The molecule has 2 rings (SSSR count). The van der Waals surface area contributed by atoms with Crippen molar-refractivity contribution < 1.29 is 22.7 Å². The second-order valence-corrected chi connectivity index (χ2v) is 5.98. The van der Waals surface area contributed by atoms with Crippen molar-refractivity contribution in [3.05, 3.63) is 59.7 Å². The third kappa shape index (κ3) is 4.98. The van der Waals surface area contributed by atoms with Gasteiger partial charge in [0.05, 0.1) is 24.4 Å². The lowest BCUT2D eigenvalue weighted by atomic mass is 10.1. The fourth-order valence-corrected chi connectivity index (χ4v) is 2.41. The Kier molecular flexibility index (Phi) is 6.26. The number of anilines is 1. The standard InChI is InChI=1S/C19H21F3N2O2/c1-13(18(25)23-16-6-4-5-7-17(16)26-3)24(2)12-14-8-10-15(11-9-14)19(20,21)22/h4-11,13H,12H2,1-3H3,(H,23,25)/t13-/m0/s1. The van der Waals surface area contributed by atoms with Gasteiger partial charge in [0.1, 0.15) is 5.75 Å². The van der Waals surface area contributed by atoms with Crippen LogP contribution in [0.25, 0.3) is 0 Å². The summed E-state index contributed by atoms with van der Waals surface area (Å²) in [6.45, 7) is 2.08. The minimum atomic E-state index is -4.35. The Labute approximate surface area is 150 Å². The van der Waals surface area contributed by atoms with E-state index in [9.17, 15) is 18.0 Å². The molecule has 0 saturated heterocycles. The first kappa shape index (κ1) is 19.8. The van der Waals surface area contributed by atoms with Crippen LogP contribution in [0.5, 0.6) is 5.75 Å². The Morgan fingerprint density at radius 2 is 1.77 bits per heavy atom. The normalized spacial score (nSPS) is 12.7. The van der Waals surface area contributed by atoms with Crippen LogP contribution >= 0.6 is 0 Å². The highest BCUT2D eigenvalue weighted by Gasteiger charge is 2.30. The number of nitrogens with one attached hydrogen (secondary N) is 1. The molecule has 1 amide bonds. The smallest absolute Gasteiger partial charge is 0.416 e. The van der Waals surface area contributed by atoms with Gasteiger partial charge in [0.25, 0.3) is 0 Å². The molecule has 0 unspecified atom stereocenters. The number of likely N-dealkylation sites (N-methyl/N-ethyl adjacent to an activating group) is 1. The molecule has 1 atom stereocenters. The second kappa shape index (κ2) is 8.23. The monoisotopic (exact) mass is 366 g/mol. The number of halogens is 3. The summed E-state index contributed by atoms with van der Waals surface area (Å²) in [4.78, 5) is 14.2. The summed E-state index contributed by atoms with van der Waals surface area (Å²) in [5.41, 5.74) is 0.568. The Bertz CT molecular complexity index is 745. The van der Waals surface area contributed by atoms with Crippen molar-refractivity contribution in [2.75, 3.05) is 19.5 Å². The number of carbonyl (C=O) groups is 1. The van der Waals surface area contributed by atoms with E-state index in [2.05, 4.69) is 5.32 Å². The summed E-state index contributed by atoms with van der Waals surface area (Å²) in [6.07, 6.45) is -4.35. The molecule has 7 heteroatoms. The first-order chi connectivity index (χ1) is 12.2. The van der Waals surface area contributed by atoms with E-state index in [4.69, 9.17) is 4.74 Å². The van der Waals surface area contributed by atoms with E-state index in [0.717, 1.165) is 12.1 Å². The molecule has 0 aliphatic rings. The van der Waals surface area contributed by atoms with E-state index in [1.807, 2.05) is 0 Å². The molecule has 0 spiro atoms. The third-order valence-corrected chi connectivity index (χ3v) is 4.12. The van der Waals surface area contributed by atoms with Crippen LogP contribution < -0.4 is 10.1 Å². The van der Waals surface area contributed by atoms with Gasteiger partial charge in [0.2, 0.25) is 5.91 Å². The number of hydrogen-bond acceptors (Lipinski definition) is 3. The summed E-state index contributed by atoms with van der Waals surface area (Å²) in [6, 6.07) is 11.5. The van der Waals surface area contributed by atoms with Crippen LogP contribution in [0, 0.1) is 0 Å². The van der Waals surface area contributed by atoms with Gasteiger partial charge in [-0.15, -0.1) is 0 Å². The zero-order chi connectivity index (χ0) is 19.3. The van der Waals surface area contributed by atoms with Crippen molar-refractivity contribution in [2.24, 2.45) is 0 Å². The lowest BCUT2D eigenvalue weighted by molar-refractivity contribution is -0.137. The van der Waals surface area contributed by atoms with Crippen LogP contribution in [0.4, 0.5) is 18.9 Å². The first-order valence-electron chi connectivity index (χ1n) is 8.02. The molecule has 0 heterocycles. The topological polar surface area (TPSA) is 41.6 Å². The molecule has 2 aromatic rings. The average molecular weight is 366 g/mol. The van der Waals surface area contributed by atoms with Crippen LogP contribution in [0.2, 0.25) is 0 Å². The van der Waals surface area contributed by atoms with Crippen molar-refractivity contribution in [3.8, 4) is 5.75 Å². The quantitative estimate of drug-likeness (QED) is 0.834. The van der Waals surface area contributed by atoms with Crippen molar-refractivity contribution >= 4 is 11.6 Å². The van der Waals surface area contributed by atoms with Gasteiger partial charge in [-0.2, -0.15) is 13.2 Å². The van der Waals surface area contributed by atoms with Gasteiger partial charge in [-0.3, -0.25) is 9.69 Å². The van der Waals surface area contributed by atoms with E-state index in [-0.39, 0.29) is 5.91 Å². The maximum atomic E-state index is 12.6. The van der Waals surface area contributed by atoms with Crippen LogP contribution in [0.1, 0.15) is 18.1 Å². The van der Waals surface area contributed by atoms with Crippen molar-refractivity contribution in [1.82, 2.24) is 4.90 Å². The van der Waals surface area contributed by atoms with Crippen molar-refractivity contribution in [3.63, 3.8) is 0 Å². The van der Waals surface area contributed by atoms with Crippen molar-refractivity contribution in [2.45, 2.75) is 25.7 Å². The zero-order valence-electron chi connectivity index (χ0n) is 14.8. The molecule has 0 aliphatic carbocycles. The van der Waals surface area contributed by atoms with E-state index in [1.165, 1.54) is 19.2 Å². The van der Waals surface area contributed by atoms with Crippen LogP contribution in [-0.2, 0) is 17.5 Å². The Hall–Kier alpha value is -2.54. The zero-order valence-corrected chi connectivity index (χ0v) is 14.8. The summed E-state index contributed by atoms with van der Waals surface area (Å²) in [7, 11) is 3.26. The maximum Gasteiger partial charge on any atom is 0.416 e. The number of amides is 1. The Morgan fingerprint density at radius 3 is 2.35 bits per heavy atom. The number of carbonyl (C=O) groups excluding carboxylic acids is 1. The minimum absolute atomic E-state index is 0.232. The molecule has 26 heavy (non-hydrogen) atoms. The number of nitrogens with zero attached hydrogens (tertiary/aromatic N) is 1. The van der Waals surface area contributed by atoms with Gasteiger partial charge in [-0.25, -0.2) is 0 Å². The highest BCUT2D eigenvalue weighted by molar-refractivity contribution is 5.95. The summed E-state index contributed by atoms with van der Waals surface area (Å²) < 4.78 is 43.0. The van der Waals surface area contributed by atoms with Gasteiger partial charge >= 0.3 is 6.18 Å². The fraction of sp³-hybridized carbons (Fsp3) is 0.316. The molecule has 0 aliphatic heterocycles. The maximum absolute atomic E-state index is 12.6. The molecule has 2 aromatic carbocycles. The van der Waals surface area contributed by atoms with Crippen LogP contribution in [-0.4, -0.2) is 31.0 Å². The first-order valence-corrected chi connectivity index (χ1v) is 8.02. The van der Waals surface area contributed by atoms with Crippen LogP contribution in [0.15, 0.2) is 48.5 Å². The van der Waals surface area contributed by atoms with Crippen molar-refractivity contribution in [1.29, 1.82) is 0 Å². The Balaban J connectivity index is 2.00. The van der Waals surface area contributed by atoms with Gasteiger partial charge in [-0.1, -0.05) is 24.3 Å². The molecule has 4 nitrogen and oxygen atoms in total. The molecule has 0 radical (unpaired) electrons. The predicted molar refractivity (Wildman–Crippen MR) is 94.0 cm³/mol. The summed E-state index contributed by atoms with van der Waals surface area (Å²) in [5.74, 6) is 0.322. The molecule has 0 saturated carbocycles. The number of alkyl halides is 3. The van der Waals surface area contributed by atoms with Gasteiger partial charge < -0.3 is 10.1 Å². The van der Waals surface area contributed by atoms with Gasteiger partial charge in [0, 0.05) is 6.54 Å². The van der Waals surface area contributed by atoms with E-state index in [0.29, 0.717) is 23.5 Å². The number of benzene rings is 2. The number of rotatable bonds is 6. The fourth-order valence-electron chi connectivity index (χ4n) is 2.41. The molecular weight excluding hydrogens is 345 g/mol. The van der Waals surface area contributed by atoms with E-state index >= 15 is 0 Å². The van der Waals surface area contributed by atoms with E-state index in [1.54, 1.807) is 43.1 Å². The number of hydrogen-bond donors (Lipinski definition) is 1. The molecule has 0 bridgehead atoms. The van der Waals surface area contributed by atoms with Gasteiger partial charge in [0.15, 0.2) is 0 Å². The highest BCUT2D eigenvalue weighted by Crippen LogP contribution is 2.29. The van der Waals surface area contributed by atoms with E-state index < -0.39 is 17.8 Å². The Morgan fingerprint density at radius 1 is 1.15 bits per heavy atom.